The van der Waals surface area contributed by atoms with Crippen molar-refractivity contribution < 1.29 is 0 Å². The standard InChI is InChI=1S/C18H25N3/c1-4-21(13-16-10-5-6-11-20-16)17(12-19)18-14(2)8-7-9-15(18)3/h5-11,17H,4,12-13,19H2,1-3H3. The first-order chi connectivity index (χ1) is 10.2. The van der Waals surface area contributed by atoms with Crippen molar-refractivity contribution in [3.8, 4) is 0 Å². The molecular weight excluding hydrogens is 258 g/mol. The second-order valence-electron chi connectivity index (χ2n) is 5.44. The Bertz CT molecular complexity index is 546. The van der Waals surface area contributed by atoms with E-state index >= 15 is 0 Å². The highest BCUT2D eigenvalue weighted by Gasteiger charge is 2.21. The van der Waals surface area contributed by atoms with E-state index in [0.717, 1.165) is 18.8 Å². The van der Waals surface area contributed by atoms with E-state index in [1.807, 2.05) is 18.3 Å². The van der Waals surface area contributed by atoms with Gasteiger partial charge in [-0.1, -0.05) is 31.2 Å². The van der Waals surface area contributed by atoms with E-state index in [-0.39, 0.29) is 6.04 Å². The molecule has 112 valence electrons. The maximum Gasteiger partial charge on any atom is 0.0544 e. The first kappa shape index (κ1) is 15.7. The normalized spacial score (nSPS) is 12.6. The highest BCUT2D eigenvalue weighted by atomic mass is 15.2. The SMILES string of the molecule is CCN(Cc1ccccn1)C(CN)c1c(C)cccc1C. The molecule has 1 atom stereocenters. The molecule has 1 aromatic carbocycles. The zero-order valence-electron chi connectivity index (χ0n) is 13.2. The van der Waals surface area contributed by atoms with Gasteiger partial charge < -0.3 is 5.73 Å². The van der Waals surface area contributed by atoms with E-state index in [1.54, 1.807) is 0 Å². The minimum atomic E-state index is 0.234. The van der Waals surface area contributed by atoms with Gasteiger partial charge in [0.15, 0.2) is 0 Å². The van der Waals surface area contributed by atoms with Crippen molar-refractivity contribution in [1.82, 2.24) is 9.88 Å². The molecule has 1 unspecified atom stereocenters. The molecule has 0 spiro atoms. The maximum absolute atomic E-state index is 6.11. The number of rotatable bonds is 6. The zero-order chi connectivity index (χ0) is 15.2. The smallest absolute Gasteiger partial charge is 0.0544 e. The summed E-state index contributed by atoms with van der Waals surface area (Å²) in [6, 6.07) is 12.7. The molecule has 0 fully saturated rings. The third-order valence-corrected chi connectivity index (χ3v) is 4.04. The summed E-state index contributed by atoms with van der Waals surface area (Å²) in [4.78, 5) is 6.84. The van der Waals surface area contributed by atoms with Crippen molar-refractivity contribution in [1.29, 1.82) is 0 Å². The number of benzene rings is 1. The van der Waals surface area contributed by atoms with Crippen LogP contribution in [0.5, 0.6) is 0 Å². The van der Waals surface area contributed by atoms with Gasteiger partial charge in [-0.15, -0.1) is 0 Å². The predicted molar refractivity (Wildman–Crippen MR) is 88.0 cm³/mol. The second-order valence-corrected chi connectivity index (χ2v) is 5.44. The van der Waals surface area contributed by atoms with Crippen LogP contribution < -0.4 is 5.73 Å². The summed E-state index contributed by atoms with van der Waals surface area (Å²) in [6.45, 7) is 8.91. The molecule has 0 bridgehead atoms. The zero-order valence-corrected chi connectivity index (χ0v) is 13.2. The summed E-state index contributed by atoms with van der Waals surface area (Å²) in [7, 11) is 0. The first-order valence-electron chi connectivity index (χ1n) is 7.57. The number of aromatic nitrogens is 1. The molecule has 3 nitrogen and oxygen atoms in total. The van der Waals surface area contributed by atoms with Gasteiger partial charge in [0.1, 0.15) is 0 Å². The first-order valence-corrected chi connectivity index (χ1v) is 7.57. The number of nitrogens with zero attached hydrogens (tertiary/aromatic N) is 2. The number of hydrogen-bond acceptors (Lipinski definition) is 3. The number of pyridine rings is 1. The van der Waals surface area contributed by atoms with Gasteiger partial charge in [-0.25, -0.2) is 0 Å². The molecule has 2 aromatic rings. The van der Waals surface area contributed by atoms with E-state index in [1.165, 1.54) is 16.7 Å². The van der Waals surface area contributed by atoms with Crippen LogP contribution in [-0.4, -0.2) is 23.0 Å². The van der Waals surface area contributed by atoms with Crippen LogP contribution in [0.3, 0.4) is 0 Å². The van der Waals surface area contributed by atoms with Gasteiger partial charge in [-0.2, -0.15) is 0 Å². The van der Waals surface area contributed by atoms with E-state index in [2.05, 4.69) is 54.9 Å². The lowest BCUT2D eigenvalue weighted by molar-refractivity contribution is 0.200. The van der Waals surface area contributed by atoms with Crippen molar-refractivity contribution >= 4 is 0 Å². The molecule has 0 saturated heterocycles. The largest absolute Gasteiger partial charge is 0.329 e. The lowest BCUT2D eigenvalue weighted by Crippen LogP contribution is -2.34. The topological polar surface area (TPSA) is 42.2 Å². The highest BCUT2D eigenvalue weighted by molar-refractivity contribution is 5.36. The predicted octanol–water partition coefficient (Wildman–Crippen LogP) is 3.22. The highest BCUT2D eigenvalue weighted by Crippen LogP contribution is 2.27. The fraction of sp³-hybridized carbons (Fsp3) is 0.389. The van der Waals surface area contributed by atoms with Crippen LogP contribution in [0.4, 0.5) is 0 Å². The van der Waals surface area contributed by atoms with Crippen LogP contribution in [0, 0.1) is 13.8 Å². The third-order valence-electron chi connectivity index (χ3n) is 4.04. The molecule has 3 heteroatoms. The molecule has 0 aliphatic heterocycles. The monoisotopic (exact) mass is 283 g/mol. The van der Waals surface area contributed by atoms with Crippen LogP contribution >= 0.6 is 0 Å². The van der Waals surface area contributed by atoms with Crippen molar-refractivity contribution in [2.75, 3.05) is 13.1 Å². The number of hydrogen-bond donors (Lipinski definition) is 1. The third kappa shape index (κ3) is 3.69. The van der Waals surface area contributed by atoms with E-state index in [9.17, 15) is 0 Å². The molecule has 2 N–H and O–H groups in total. The van der Waals surface area contributed by atoms with Crippen molar-refractivity contribution in [2.24, 2.45) is 5.73 Å². The molecule has 0 aliphatic carbocycles. The van der Waals surface area contributed by atoms with Crippen LogP contribution in [-0.2, 0) is 6.54 Å². The summed E-state index contributed by atoms with van der Waals surface area (Å²) >= 11 is 0. The molecule has 2 rings (SSSR count). The Labute approximate surface area is 127 Å². The van der Waals surface area contributed by atoms with Crippen molar-refractivity contribution in [3.63, 3.8) is 0 Å². The van der Waals surface area contributed by atoms with E-state index in [0.29, 0.717) is 6.54 Å². The molecule has 21 heavy (non-hydrogen) atoms. The van der Waals surface area contributed by atoms with Gasteiger partial charge in [0, 0.05) is 25.3 Å². The minimum Gasteiger partial charge on any atom is -0.329 e. The van der Waals surface area contributed by atoms with Crippen molar-refractivity contribution in [3.05, 3.63) is 65.0 Å². The van der Waals surface area contributed by atoms with Gasteiger partial charge in [0.2, 0.25) is 0 Å². The molecule has 0 aliphatic rings. The Kier molecular flexibility index (Phi) is 5.48. The van der Waals surface area contributed by atoms with Gasteiger partial charge in [0.05, 0.1) is 5.69 Å². The summed E-state index contributed by atoms with van der Waals surface area (Å²) in [5, 5.41) is 0. The lowest BCUT2D eigenvalue weighted by Gasteiger charge is -2.32. The molecule has 0 saturated carbocycles. The molecule has 1 aromatic heterocycles. The van der Waals surface area contributed by atoms with Crippen LogP contribution in [0.25, 0.3) is 0 Å². The fourth-order valence-corrected chi connectivity index (χ4v) is 2.94. The van der Waals surface area contributed by atoms with Gasteiger partial charge in [-0.05, 0) is 49.2 Å². The average molecular weight is 283 g/mol. The number of likely N-dealkylation sites (N-methyl/N-ethyl adjacent to an activating group) is 1. The van der Waals surface area contributed by atoms with Crippen molar-refractivity contribution in [2.45, 2.75) is 33.4 Å². The molecule has 0 radical (unpaired) electrons. The average Bonchev–Trinajstić information content (AvgIpc) is 2.50. The Morgan fingerprint density at radius 3 is 2.33 bits per heavy atom. The molecule has 1 heterocycles. The Morgan fingerprint density at radius 1 is 1.10 bits per heavy atom. The summed E-state index contributed by atoms with van der Waals surface area (Å²) in [5.74, 6) is 0. The Hall–Kier alpha value is -1.71. The van der Waals surface area contributed by atoms with E-state index in [4.69, 9.17) is 5.73 Å². The second kappa shape index (κ2) is 7.34. The summed E-state index contributed by atoms with van der Waals surface area (Å²) in [6.07, 6.45) is 1.85. The molecule has 0 amide bonds. The number of nitrogens with two attached hydrogens (primary N) is 1. The van der Waals surface area contributed by atoms with Gasteiger partial charge >= 0.3 is 0 Å². The number of aryl methyl sites for hydroxylation is 2. The molecular formula is C18H25N3. The van der Waals surface area contributed by atoms with Crippen LogP contribution in [0.1, 0.15) is 35.3 Å². The Morgan fingerprint density at radius 2 is 1.81 bits per heavy atom. The maximum atomic E-state index is 6.11. The minimum absolute atomic E-state index is 0.234. The van der Waals surface area contributed by atoms with Gasteiger partial charge in [-0.3, -0.25) is 9.88 Å². The van der Waals surface area contributed by atoms with Gasteiger partial charge in [0.25, 0.3) is 0 Å². The van der Waals surface area contributed by atoms with E-state index < -0.39 is 0 Å². The summed E-state index contributed by atoms with van der Waals surface area (Å²) in [5.41, 5.74) is 11.2. The summed E-state index contributed by atoms with van der Waals surface area (Å²) < 4.78 is 0. The van der Waals surface area contributed by atoms with Crippen LogP contribution in [0.15, 0.2) is 42.6 Å². The quantitative estimate of drug-likeness (QED) is 0.885. The van der Waals surface area contributed by atoms with Crippen LogP contribution in [0.2, 0.25) is 0 Å². The Balaban J connectivity index is 2.29. The fourth-order valence-electron chi connectivity index (χ4n) is 2.94. The lowest BCUT2D eigenvalue weighted by atomic mass is 9.95.